The van der Waals surface area contributed by atoms with Gasteiger partial charge in [0.2, 0.25) is 0 Å². The highest BCUT2D eigenvalue weighted by atomic mass is 32.2. The molecule has 2 unspecified atom stereocenters. The first-order chi connectivity index (χ1) is 13.4. The van der Waals surface area contributed by atoms with Gasteiger partial charge in [0.1, 0.15) is 0 Å². The van der Waals surface area contributed by atoms with Gasteiger partial charge in [-0.15, -0.1) is 0 Å². The van der Waals surface area contributed by atoms with Gasteiger partial charge >= 0.3 is 0 Å². The number of sulfonamides is 1. The summed E-state index contributed by atoms with van der Waals surface area (Å²) in [7, 11) is -3.77. The third kappa shape index (κ3) is 4.20. The van der Waals surface area contributed by atoms with E-state index in [1.54, 1.807) is 30.3 Å². The van der Waals surface area contributed by atoms with Crippen molar-refractivity contribution in [3.8, 4) is 0 Å². The van der Waals surface area contributed by atoms with Gasteiger partial charge in [0.25, 0.3) is 15.9 Å². The first-order valence-electron chi connectivity index (χ1n) is 9.65. The third-order valence-corrected chi connectivity index (χ3v) is 6.86. The molecule has 3 N–H and O–H groups in total. The van der Waals surface area contributed by atoms with Crippen LogP contribution in [-0.4, -0.2) is 32.5 Å². The maximum absolute atomic E-state index is 12.7. The summed E-state index contributed by atoms with van der Waals surface area (Å²) in [5.74, 6) is -0.223. The van der Waals surface area contributed by atoms with Crippen LogP contribution < -0.4 is 15.4 Å². The molecular weight excluding hydrogens is 374 g/mol. The molecule has 2 aliphatic rings. The third-order valence-electron chi connectivity index (χ3n) is 5.49. The Morgan fingerprint density at radius 2 is 1.75 bits per heavy atom. The van der Waals surface area contributed by atoms with Crippen LogP contribution in [0, 0.1) is 6.92 Å². The Balaban J connectivity index is 1.48. The smallest absolute Gasteiger partial charge is 0.261 e. The minimum atomic E-state index is -3.77. The van der Waals surface area contributed by atoms with Crippen LogP contribution in [-0.2, 0) is 10.0 Å². The summed E-state index contributed by atoms with van der Waals surface area (Å²) < 4.78 is 28.0. The summed E-state index contributed by atoms with van der Waals surface area (Å²) in [5.41, 5.74) is 1.82. The Morgan fingerprint density at radius 1 is 1.04 bits per heavy atom. The van der Waals surface area contributed by atoms with E-state index in [2.05, 4.69) is 15.4 Å². The molecule has 0 radical (unpaired) electrons. The number of benzene rings is 2. The van der Waals surface area contributed by atoms with Gasteiger partial charge in [-0.3, -0.25) is 9.52 Å². The second-order valence-electron chi connectivity index (χ2n) is 7.78. The van der Waals surface area contributed by atoms with E-state index >= 15 is 0 Å². The lowest BCUT2D eigenvalue weighted by Crippen LogP contribution is -2.48. The zero-order valence-electron chi connectivity index (χ0n) is 15.8. The molecule has 0 saturated carbocycles. The molecule has 2 aliphatic heterocycles. The Labute approximate surface area is 165 Å². The number of piperidine rings is 1. The molecule has 0 aromatic heterocycles. The van der Waals surface area contributed by atoms with Crippen molar-refractivity contribution in [3.63, 3.8) is 0 Å². The summed E-state index contributed by atoms with van der Waals surface area (Å²) in [5, 5.41) is 6.63. The fourth-order valence-electron chi connectivity index (χ4n) is 4.17. The van der Waals surface area contributed by atoms with E-state index in [0.29, 0.717) is 23.3 Å². The second kappa shape index (κ2) is 7.56. The van der Waals surface area contributed by atoms with E-state index in [4.69, 9.17) is 0 Å². The number of carbonyl (C=O) groups is 1. The zero-order chi connectivity index (χ0) is 19.7. The van der Waals surface area contributed by atoms with Crippen LogP contribution in [0.3, 0.4) is 0 Å². The fraction of sp³-hybridized carbons (Fsp3) is 0.381. The number of aryl methyl sites for hydroxylation is 1. The number of hydrogen-bond acceptors (Lipinski definition) is 4. The van der Waals surface area contributed by atoms with Crippen molar-refractivity contribution in [2.75, 3.05) is 4.72 Å². The normalized spacial score (nSPS) is 24.0. The van der Waals surface area contributed by atoms with Crippen molar-refractivity contribution >= 4 is 21.6 Å². The summed E-state index contributed by atoms with van der Waals surface area (Å²) in [6, 6.07) is 14.4. The monoisotopic (exact) mass is 399 g/mol. The molecule has 7 heteroatoms. The van der Waals surface area contributed by atoms with Gasteiger partial charge < -0.3 is 10.6 Å². The minimum absolute atomic E-state index is 0.0760. The number of amides is 1. The Morgan fingerprint density at radius 3 is 2.46 bits per heavy atom. The number of nitrogens with one attached hydrogen (secondary N) is 3. The molecule has 2 atom stereocenters. The molecule has 2 heterocycles. The van der Waals surface area contributed by atoms with Crippen molar-refractivity contribution in [2.24, 2.45) is 0 Å². The quantitative estimate of drug-likeness (QED) is 0.722. The first-order valence-corrected chi connectivity index (χ1v) is 11.1. The number of rotatable bonds is 5. The van der Waals surface area contributed by atoms with Gasteiger partial charge in [-0.1, -0.05) is 18.2 Å². The van der Waals surface area contributed by atoms with Crippen LogP contribution in [0.25, 0.3) is 0 Å². The lowest BCUT2D eigenvalue weighted by molar-refractivity contribution is 0.0923. The first kappa shape index (κ1) is 19.0. The molecule has 6 nitrogen and oxygen atoms in total. The second-order valence-corrected chi connectivity index (χ2v) is 9.46. The lowest BCUT2D eigenvalue weighted by Gasteiger charge is -2.29. The fourth-order valence-corrected chi connectivity index (χ4v) is 5.27. The SMILES string of the molecule is Cc1cccc(NS(=O)(=O)c2cccc(C(=O)NC3CC4CCC(C3)N4)c2)c1. The van der Waals surface area contributed by atoms with E-state index in [-0.39, 0.29) is 16.8 Å². The topological polar surface area (TPSA) is 87.3 Å². The summed E-state index contributed by atoms with van der Waals surface area (Å²) in [6.07, 6.45) is 4.18. The highest BCUT2D eigenvalue weighted by molar-refractivity contribution is 7.92. The number of anilines is 1. The number of carbonyl (C=O) groups excluding carboxylic acids is 1. The van der Waals surface area contributed by atoms with E-state index in [0.717, 1.165) is 31.2 Å². The predicted molar refractivity (Wildman–Crippen MR) is 109 cm³/mol. The standard InChI is InChI=1S/C21H25N3O3S/c1-14-4-2-6-18(10-14)24-28(26,27)20-7-3-5-15(11-20)21(25)23-19-12-16-8-9-17(13-19)22-16/h2-7,10-11,16-17,19,22,24H,8-9,12-13H2,1H3,(H,23,25). The Hall–Kier alpha value is -2.38. The van der Waals surface area contributed by atoms with E-state index in [1.807, 2.05) is 13.0 Å². The maximum atomic E-state index is 12.7. The van der Waals surface area contributed by atoms with Crippen molar-refractivity contribution in [2.45, 2.75) is 55.6 Å². The average molecular weight is 400 g/mol. The van der Waals surface area contributed by atoms with Gasteiger partial charge in [-0.25, -0.2) is 8.42 Å². The largest absolute Gasteiger partial charge is 0.349 e. The molecule has 1 amide bonds. The van der Waals surface area contributed by atoms with Crippen LogP contribution in [0.15, 0.2) is 53.4 Å². The Kier molecular flexibility index (Phi) is 5.12. The molecule has 2 saturated heterocycles. The van der Waals surface area contributed by atoms with Crippen LogP contribution >= 0.6 is 0 Å². The van der Waals surface area contributed by atoms with Crippen LogP contribution in [0.2, 0.25) is 0 Å². The molecule has 4 rings (SSSR count). The molecule has 28 heavy (non-hydrogen) atoms. The molecule has 0 aliphatic carbocycles. The molecule has 0 spiro atoms. The van der Waals surface area contributed by atoms with Crippen LogP contribution in [0.1, 0.15) is 41.6 Å². The van der Waals surface area contributed by atoms with Crippen molar-refractivity contribution in [1.29, 1.82) is 0 Å². The van der Waals surface area contributed by atoms with Gasteiger partial charge in [0.15, 0.2) is 0 Å². The summed E-state index contributed by atoms with van der Waals surface area (Å²) in [6.45, 7) is 1.90. The van der Waals surface area contributed by atoms with Gasteiger partial charge in [0.05, 0.1) is 4.90 Å². The Bertz CT molecular complexity index is 978. The minimum Gasteiger partial charge on any atom is -0.349 e. The highest BCUT2D eigenvalue weighted by Crippen LogP contribution is 2.27. The molecule has 2 aromatic carbocycles. The van der Waals surface area contributed by atoms with Gasteiger partial charge in [0, 0.05) is 29.4 Å². The number of fused-ring (bicyclic) bond motifs is 2. The predicted octanol–water partition coefficient (Wildman–Crippen LogP) is 2.81. The zero-order valence-corrected chi connectivity index (χ0v) is 16.6. The highest BCUT2D eigenvalue weighted by Gasteiger charge is 2.34. The maximum Gasteiger partial charge on any atom is 0.261 e. The van der Waals surface area contributed by atoms with Crippen molar-refractivity contribution < 1.29 is 13.2 Å². The van der Waals surface area contributed by atoms with Gasteiger partial charge in [-0.05, 0) is 68.5 Å². The van der Waals surface area contributed by atoms with E-state index in [9.17, 15) is 13.2 Å². The van der Waals surface area contributed by atoms with Crippen LogP contribution in [0.5, 0.6) is 0 Å². The molecule has 2 bridgehead atoms. The van der Waals surface area contributed by atoms with Gasteiger partial charge in [-0.2, -0.15) is 0 Å². The molecule has 2 aromatic rings. The van der Waals surface area contributed by atoms with E-state index < -0.39 is 10.0 Å². The summed E-state index contributed by atoms with van der Waals surface area (Å²) in [4.78, 5) is 12.8. The lowest BCUT2D eigenvalue weighted by atomic mass is 9.99. The molecule has 2 fully saturated rings. The average Bonchev–Trinajstić information content (AvgIpc) is 3.00. The molecule has 148 valence electrons. The molecular formula is C21H25N3O3S. The number of hydrogen-bond donors (Lipinski definition) is 3. The summed E-state index contributed by atoms with van der Waals surface area (Å²) >= 11 is 0. The van der Waals surface area contributed by atoms with Crippen LogP contribution in [0.4, 0.5) is 5.69 Å². The van der Waals surface area contributed by atoms with E-state index in [1.165, 1.54) is 12.1 Å². The van der Waals surface area contributed by atoms with Crippen molar-refractivity contribution in [3.05, 3.63) is 59.7 Å². The van der Waals surface area contributed by atoms with Crippen molar-refractivity contribution in [1.82, 2.24) is 10.6 Å².